The molecule has 1 aliphatic carbocycles. The number of piperidine rings is 1. The molecule has 2 atom stereocenters. The lowest BCUT2D eigenvalue weighted by molar-refractivity contribution is -0.148. The quantitative estimate of drug-likeness (QED) is 0.592. The summed E-state index contributed by atoms with van der Waals surface area (Å²) >= 11 is 0. The SMILES string of the molecule is CCCCOC(=O)[C@@H]1CC2(CC2)C(CC)CN1. The summed E-state index contributed by atoms with van der Waals surface area (Å²) in [6, 6.07) is -0.0443. The van der Waals surface area contributed by atoms with Crippen molar-refractivity contribution in [2.75, 3.05) is 13.2 Å². The molecule has 1 unspecified atom stereocenters. The predicted octanol–water partition coefficient (Wildman–Crippen LogP) is 2.50. The Morgan fingerprint density at radius 1 is 1.41 bits per heavy atom. The van der Waals surface area contributed by atoms with Gasteiger partial charge in [-0.3, -0.25) is 4.79 Å². The molecule has 0 aromatic carbocycles. The van der Waals surface area contributed by atoms with Gasteiger partial charge in [0.15, 0.2) is 0 Å². The van der Waals surface area contributed by atoms with Crippen molar-refractivity contribution in [1.82, 2.24) is 5.32 Å². The topological polar surface area (TPSA) is 38.3 Å². The van der Waals surface area contributed by atoms with Crippen LogP contribution in [0.1, 0.15) is 52.4 Å². The first-order valence-electron chi connectivity index (χ1n) is 7.12. The van der Waals surface area contributed by atoms with E-state index in [0.717, 1.165) is 31.7 Å². The van der Waals surface area contributed by atoms with E-state index in [9.17, 15) is 4.79 Å². The van der Waals surface area contributed by atoms with E-state index in [1.54, 1.807) is 0 Å². The lowest BCUT2D eigenvalue weighted by Crippen LogP contribution is -2.49. The van der Waals surface area contributed by atoms with E-state index in [0.29, 0.717) is 12.0 Å². The van der Waals surface area contributed by atoms with Gasteiger partial charge in [0.25, 0.3) is 0 Å². The normalized spacial score (nSPS) is 30.2. The maximum absolute atomic E-state index is 11.9. The van der Waals surface area contributed by atoms with E-state index in [1.807, 2.05) is 0 Å². The summed E-state index contributed by atoms with van der Waals surface area (Å²) in [6.07, 6.45) is 6.90. The van der Waals surface area contributed by atoms with Gasteiger partial charge >= 0.3 is 5.97 Å². The minimum absolute atomic E-state index is 0.0284. The highest BCUT2D eigenvalue weighted by Gasteiger charge is 2.52. The van der Waals surface area contributed by atoms with Gasteiger partial charge in [-0.15, -0.1) is 0 Å². The Morgan fingerprint density at radius 3 is 2.76 bits per heavy atom. The molecular formula is C14H25NO2. The summed E-state index contributed by atoms with van der Waals surface area (Å²) in [4.78, 5) is 11.9. The zero-order valence-electron chi connectivity index (χ0n) is 11.1. The number of carbonyl (C=O) groups excluding carboxylic acids is 1. The summed E-state index contributed by atoms with van der Waals surface area (Å²) in [5.74, 6) is 0.737. The maximum atomic E-state index is 11.9. The zero-order chi connectivity index (χ0) is 12.3. The van der Waals surface area contributed by atoms with Crippen LogP contribution < -0.4 is 5.32 Å². The van der Waals surface area contributed by atoms with Crippen LogP contribution in [-0.4, -0.2) is 25.2 Å². The first-order valence-corrected chi connectivity index (χ1v) is 7.12. The zero-order valence-corrected chi connectivity index (χ0v) is 11.1. The molecular weight excluding hydrogens is 214 g/mol. The summed E-state index contributed by atoms with van der Waals surface area (Å²) in [5.41, 5.74) is 0.481. The van der Waals surface area contributed by atoms with Crippen molar-refractivity contribution >= 4 is 5.97 Å². The number of carbonyl (C=O) groups is 1. The van der Waals surface area contributed by atoms with E-state index < -0.39 is 0 Å². The Morgan fingerprint density at radius 2 is 2.18 bits per heavy atom. The third-order valence-corrected chi connectivity index (χ3v) is 4.50. The van der Waals surface area contributed by atoms with Gasteiger partial charge in [0, 0.05) is 0 Å². The van der Waals surface area contributed by atoms with Crippen molar-refractivity contribution < 1.29 is 9.53 Å². The highest BCUT2D eigenvalue weighted by Crippen LogP contribution is 2.57. The number of unbranched alkanes of at least 4 members (excludes halogenated alkanes) is 1. The first kappa shape index (κ1) is 12.9. The van der Waals surface area contributed by atoms with Crippen LogP contribution in [0.3, 0.4) is 0 Å². The first-order chi connectivity index (χ1) is 8.22. The van der Waals surface area contributed by atoms with Gasteiger partial charge in [-0.2, -0.15) is 0 Å². The van der Waals surface area contributed by atoms with Gasteiger partial charge in [0.2, 0.25) is 0 Å². The van der Waals surface area contributed by atoms with Crippen LogP contribution in [-0.2, 0) is 9.53 Å². The molecule has 0 aromatic rings. The average molecular weight is 239 g/mol. The monoisotopic (exact) mass is 239 g/mol. The van der Waals surface area contributed by atoms with Gasteiger partial charge < -0.3 is 10.1 Å². The van der Waals surface area contributed by atoms with Gasteiger partial charge in [-0.25, -0.2) is 0 Å². The fourth-order valence-corrected chi connectivity index (χ4v) is 3.08. The molecule has 1 heterocycles. The van der Waals surface area contributed by atoms with Crippen LogP contribution in [0.2, 0.25) is 0 Å². The summed E-state index contributed by atoms with van der Waals surface area (Å²) in [5, 5.41) is 3.37. The second-order valence-electron chi connectivity index (χ2n) is 5.65. The molecule has 0 radical (unpaired) electrons. The van der Waals surface area contributed by atoms with Gasteiger partial charge in [-0.05, 0) is 43.6 Å². The highest BCUT2D eigenvalue weighted by molar-refractivity contribution is 5.76. The van der Waals surface area contributed by atoms with Gasteiger partial charge in [0.05, 0.1) is 6.61 Å². The third kappa shape index (κ3) is 2.82. The van der Waals surface area contributed by atoms with Crippen LogP contribution in [0.15, 0.2) is 0 Å². The van der Waals surface area contributed by atoms with E-state index in [4.69, 9.17) is 4.74 Å². The summed E-state index contributed by atoms with van der Waals surface area (Å²) in [6.45, 7) is 5.94. The second-order valence-corrected chi connectivity index (χ2v) is 5.65. The van der Waals surface area contributed by atoms with Crippen LogP contribution in [0.25, 0.3) is 0 Å². The largest absolute Gasteiger partial charge is 0.465 e. The van der Waals surface area contributed by atoms with Crippen molar-refractivity contribution in [3.63, 3.8) is 0 Å². The molecule has 17 heavy (non-hydrogen) atoms. The van der Waals surface area contributed by atoms with Crippen molar-refractivity contribution in [2.24, 2.45) is 11.3 Å². The molecule has 1 N–H and O–H groups in total. The lowest BCUT2D eigenvalue weighted by Gasteiger charge is -2.36. The second kappa shape index (κ2) is 5.38. The van der Waals surface area contributed by atoms with Crippen LogP contribution in [0, 0.1) is 11.3 Å². The van der Waals surface area contributed by atoms with Gasteiger partial charge in [0.1, 0.15) is 6.04 Å². The van der Waals surface area contributed by atoms with E-state index >= 15 is 0 Å². The molecule has 2 rings (SSSR count). The summed E-state index contributed by atoms with van der Waals surface area (Å²) < 4.78 is 5.31. The van der Waals surface area contributed by atoms with Crippen molar-refractivity contribution in [3.8, 4) is 0 Å². The molecule has 3 heteroatoms. The van der Waals surface area contributed by atoms with Crippen LogP contribution in [0.5, 0.6) is 0 Å². The van der Waals surface area contributed by atoms with E-state index in [1.165, 1.54) is 19.3 Å². The predicted molar refractivity (Wildman–Crippen MR) is 67.7 cm³/mol. The molecule has 98 valence electrons. The Labute approximate surface area is 104 Å². The van der Waals surface area contributed by atoms with Crippen LogP contribution in [0.4, 0.5) is 0 Å². The molecule has 1 saturated carbocycles. The van der Waals surface area contributed by atoms with Crippen molar-refractivity contribution in [1.29, 1.82) is 0 Å². The van der Waals surface area contributed by atoms with E-state index in [-0.39, 0.29) is 12.0 Å². The molecule has 2 fully saturated rings. The number of hydrogen-bond acceptors (Lipinski definition) is 3. The van der Waals surface area contributed by atoms with Crippen molar-refractivity contribution in [3.05, 3.63) is 0 Å². The smallest absolute Gasteiger partial charge is 0.323 e. The fourth-order valence-electron chi connectivity index (χ4n) is 3.08. The molecule has 1 aliphatic heterocycles. The molecule has 3 nitrogen and oxygen atoms in total. The summed E-state index contributed by atoms with van der Waals surface area (Å²) in [7, 11) is 0. The lowest BCUT2D eigenvalue weighted by atomic mass is 9.78. The number of esters is 1. The number of hydrogen-bond donors (Lipinski definition) is 1. The Kier molecular flexibility index (Phi) is 4.08. The standard InChI is InChI=1S/C14H25NO2/c1-3-5-8-17-13(16)12-9-14(6-7-14)11(4-2)10-15-12/h11-12,15H,3-10H2,1-2H3/t11?,12-/m0/s1. The third-order valence-electron chi connectivity index (χ3n) is 4.50. The Balaban J connectivity index is 1.81. The molecule has 1 spiro atoms. The molecule has 0 bridgehead atoms. The molecule has 0 amide bonds. The minimum Gasteiger partial charge on any atom is -0.465 e. The Hall–Kier alpha value is -0.570. The maximum Gasteiger partial charge on any atom is 0.323 e. The molecule has 0 aromatic heterocycles. The Bertz CT molecular complexity index is 273. The van der Waals surface area contributed by atoms with E-state index in [2.05, 4.69) is 19.2 Å². The van der Waals surface area contributed by atoms with Gasteiger partial charge in [-0.1, -0.05) is 26.7 Å². The number of ether oxygens (including phenoxy) is 1. The molecule has 2 aliphatic rings. The minimum atomic E-state index is -0.0443. The average Bonchev–Trinajstić information content (AvgIpc) is 3.09. The number of nitrogens with one attached hydrogen (secondary N) is 1. The van der Waals surface area contributed by atoms with Crippen LogP contribution >= 0.6 is 0 Å². The fraction of sp³-hybridized carbons (Fsp3) is 0.929. The molecule has 1 saturated heterocycles. The highest BCUT2D eigenvalue weighted by atomic mass is 16.5. The van der Waals surface area contributed by atoms with Crippen molar-refractivity contribution in [2.45, 2.75) is 58.4 Å². The number of rotatable bonds is 5.